The third-order valence-corrected chi connectivity index (χ3v) is 3.82. The molecule has 0 saturated carbocycles. The van der Waals surface area contributed by atoms with Gasteiger partial charge in [-0.3, -0.25) is 0 Å². The smallest absolute Gasteiger partial charge is 0.0346 e. The van der Waals surface area contributed by atoms with Gasteiger partial charge in [0.25, 0.3) is 0 Å². The minimum atomic E-state index is 0.990. The number of thiophene rings is 1. The Balaban J connectivity index is 2.07. The number of hydrogen-bond donors (Lipinski definition) is 1. The van der Waals surface area contributed by atoms with E-state index in [0.29, 0.717) is 0 Å². The molecular formula is C15H19NS. The second-order valence-electron chi connectivity index (χ2n) is 4.31. The van der Waals surface area contributed by atoms with E-state index in [1.165, 1.54) is 27.3 Å². The topological polar surface area (TPSA) is 12.0 Å². The summed E-state index contributed by atoms with van der Waals surface area (Å²) in [4.78, 5) is 2.77. The van der Waals surface area contributed by atoms with E-state index in [2.05, 4.69) is 55.6 Å². The van der Waals surface area contributed by atoms with Crippen LogP contribution in [0, 0.1) is 6.92 Å². The second-order valence-corrected chi connectivity index (χ2v) is 5.48. The summed E-state index contributed by atoms with van der Waals surface area (Å²) < 4.78 is 0. The Morgan fingerprint density at radius 3 is 2.82 bits per heavy atom. The van der Waals surface area contributed by atoms with Gasteiger partial charge in [0.1, 0.15) is 0 Å². The molecular weight excluding hydrogens is 226 g/mol. The van der Waals surface area contributed by atoms with Gasteiger partial charge in [-0.2, -0.15) is 0 Å². The van der Waals surface area contributed by atoms with Gasteiger partial charge in [0.2, 0.25) is 0 Å². The highest BCUT2D eigenvalue weighted by Crippen LogP contribution is 2.28. The number of nitrogens with one attached hydrogen (secondary N) is 1. The van der Waals surface area contributed by atoms with E-state index in [-0.39, 0.29) is 0 Å². The van der Waals surface area contributed by atoms with Gasteiger partial charge in [-0.15, -0.1) is 11.3 Å². The molecule has 0 bridgehead atoms. The molecule has 1 aromatic carbocycles. The standard InChI is InChI=1S/C15H19NS/c1-3-9-16-11-14-7-8-15(17-14)13-6-4-5-12(2)10-13/h4-8,10,16H,3,9,11H2,1-2H3. The average Bonchev–Trinajstić information content (AvgIpc) is 2.78. The summed E-state index contributed by atoms with van der Waals surface area (Å²) in [5.74, 6) is 0. The van der Waals surface area contributed by atoms with Crippen LogP contribution in [-0.4, -0.2) is 6.54 Å². The van der Waals surface area contributed by atoms with E-state index in [9.17, 15) is 0 Å². The fourth-order valence-electron chi connectivity index (χ4n) is 1.81. The molecule has 2 heteroatoms. The highest BCUT2D eigenvalue weighted by atomic mass is 32.1. The number of rotatable bonds is 5. The molecule has 0 unspecified atom stereocenters. The first-order valence-electron chi connectivity index (χ1n) is 6.16. The van der Waals surface area contributed by atoms with Crippen molar-refractivity contribution in [1.29, 1.82) is 0 Å². The third kappa shape index (κ3) is 3.42. The normalized spacial score (nSPS) is 10.7. The van der Waals surface area contributed by atoms with Crippen LogP contribution in [0.25, 0.3) is 10.4 Å². The Morgan fingerprint density at radius 2 is 2.06 bits per heavy atom. The number of benzene rings is 1. The summed E-state index contributed by atoms with van der Waals surface area (Å²) in [6.07, 6.45) is 1.19. The van der Waals surface area contributed by atoms with Crippen LogP contribution in [-0.2, 0) is 6.54 Å². The molecule has 0 amide bonds. The zero-order valence-corrected chi connectivity index (χ0v) is 11.3. The summed E-state index contributed by atoms with van der Waals surface area (Å²) in [5, 5.41) is 3.44. The maximum absolute atomic E-state index is 3.44. The van der Waals surface area contributed by atoms with Crippen molar-refractivity contribution in [3.05, 3.63) is 46.8 Å². The number of aryl methyl sites for hydroxylation is 1. The van der Waals surface area contributed by atoms with Gasteiger partial charge < -0.3 is 5.32 Å². The minimum Gasteiger partial charge on any atom is -0.312 e. The highest BCUT2D eigenvalue weighted by molar-refractivity contribution is 7.15. The van der Waals surface area contributed by atoms with Crippen LogP contribution in [0.2, 0.25) is 0 Å². The molecule has 0 aliphatic rings. The highest BCUT2D eigenvalue weighted by Gasteiger charge is 2.02. The SMILES string of the molecule is CCCNCc1ccc(-c2cccc(C)c2)s1. The van der Waals surface area contributed by atoms with Crippen molar-refractivity contribution < 1.29 is 0 Å². The van der Waals surface area contributed by atoms with E-state index in [4.69, 9.17) is 0 Å². The molecule has 0 aliphatic heterocycles. The molecule has 17 heavy (non-hydrogen) atoms. The molecule has 0 saturated heterocycles. The summed E-state index contributed by atoms with van der Waals surface area (Å²) in [6.45, 7) is 6.42. The molecule has 0 aliphatic carbocycles. The second kappa shape index (κ2) is 5.99. The Hall–Kier alpha value is -1.12. The van der Waals surface area contributed by atoms with Crippen LogP contribution in [0.3, 0.4) is 0 Å². The van der Waals surface area contributed by atoms with Gasteiger partial charge in [-0.05, 0) is 37.6 Å². The van der Waals surface area contributed by atoms with E-state index in [1.807, 2.05) is 11.3 Å². The monoisotopic (exact) mass is 245 g/mol. The quantitative estimate of drug-likeness (QED) is 0.778. The maximum atomic E-state index is 3.44. The lowest BCUT2D eigenvalue weighted by Crippen LogP contribution is -2.12. The van der Waals surface area contributed by atoms with E-state index < -0.39 is 0 Å². The van der Waals surface area contributed by atoms with Crippen molar-refractivity contribution in [3.8, 4) is 10.4 Å². The molecule has 2 aromatic rings. The van der Waals surface area contributed by atoms with Crippen LogP contribution in [0.5, 0.6) is 0 Å². The molecule has 1 nitrogen and oxygen atoms in total. The molecule has 0 spiro atoms. The summed E-state index contributed by atoms with van der Waals surface area (Å²) in [6, 6.07) is 13.1. The van der Waals surface area contributed by atoms with Crippen LogP contribution in [0.4, 0.5) is 0 Å². The molecule has 1 N–H and O–H groups in total. The van der Waals surface area contributed by atoms with Crippen molar-refractivity contribution in [1.82, 2.24) is 5.32 Å². The molecule has 0 radical (unpaired) electrons. The maximum Gasteiger partial charge on any atom is 0.0346 e. The molecule has 1 heterocycles. The summed E-state index contributed by atoms with van der Waals surface area (Å²) in [5.41, 5.74) is 2.65. The molecule has 0 fully saturated rings. The molecule has 1 aromatic heterocycles. The van der Waals surface area contributed by atoms with Gasteiger partial charge in [0.15, 0.2) is 0 Å². The zero-order chi connectivity index (χ0) is 12.1. The van der Waals surface area contributed by atoms with Gasteiger partial charge in [0, 0.05) is 16.3 Å². The van der Waals surface area contributed by atoms with Gasteiger partial charge in [-0.25, -0.2) is 0 Å². The van der Waals surface area contributed by atoms with E-state index in [0.717, 1.165) is 13.1 Å². The third-order valence-electron chi connectivity index (χ3n) is 2.69. The average molecular weight is 245 g/mol. The Morgan fingerprint density at radius 1 is 1.18 bits per heavy atom. The van der Waals surface area contributed by atoms with Crippen LogP contribution in [0.15, 0.2) is 36.4 Å². The van der Waals surface area contributed by atoms with Gasteiger partial charge >= 0.3 is 0 Å². The lowest BCUT2D eigenvalue weighted by Gasteiger charge is -2.00. The van der Waals surface area contributed by atoms with Crippen molar-refractivity contribution in [2.75, 3.05) is 6.54 Å². The Bertz CT molecular complexity index is 473. The fourth-order valence-corrected chi connectivity index (χ4v) is 2.79. The summed E-state index contributed by atoms with van der Waals surface area (Å²) >= 11 is 1.88. The molecule has 90 valence electrons. The number of hydrogen-bond acceptors (Lipinski definition) is 2. The zero-order valence-electron chi connectivity index (χ0n) is 10.5. The van der Waals surface area contributed by atoms with Gasteiger partial charge in [0.05, 0.1) is 0 Å². The summed E-state index contributed by atoms with van der Waals surface area (Å²) in [7, 11) is 0. The first kappa shape index (κ1) is 12.3. The van der Waals surface area contributed by atoms with Crippen molar-refractivity contribution in [2.24, 2.45) is 0 Å². The fraction of sp³-hybridized carbons (Fsp3) is 0.333. The van der Waals surface area contributed by atoms with Crippen molar-refractivity contribution in [3.63, 3.8) is 0 Å². The Kier molecular flexibility index (Phi) is 4.35. The largest absolute Gasteiger partial charge is 0.312 e. The first-order valence-corrected chi connectivity index (χ1v) is 6.97. The van der Waals surface area contributed by atoms with Crippen molar-refractivity contribution in [2.45, 2.75) is 26.8 Å². The molecule has 0 atom stereocenters. The predicted octanol–water partition coefficient (Wildman–Crippen LogP) is 4.22. The lowest BCUT2D eigenvalue weighted by molar-refractivity contribution is 0.681. The van der Waals surface area contributed by atoms with Crippen LogP contribution >= 0.6 is 11.3 Å². The lowest BCUT2D eigenvalue weighted by atomic mass is 10.1. The minimum absolute atomic E-state index is 0.990. The molecule has 2 rings (SSSR count). The predicted molar refractivity (Wildman–Crippen MR) is 76.5 cm³/mol. The first-order chi connectivity index (χ1) is 8.29. The Labute approximate surface area is 108 Å². The van der Waals surface area contributed by atoms with Crippen LogP contribution < -0.4 is 5.32 Å². The van der Waals surface area contributed by atoms with E-state index >= 15 is 0 Å². The van der Waals surface area contributed by atoms with E-state index in [1.54, 1.807) is 0 Å². The van der Waals surface area contributed by atoms with Crippen LogP contribution in [0.1, 0.15) is 23.8 Å². The van der Waals surface area contributed by atoms with Crippen molar-refractivity contribution >= 4 is 11.3 Å². The van der Waals surface area contributed by atoms with Gasteiger partial charge in [-0.1, -0.05) is 36.8 Å².